The minimum atomic E-state index is -0.331. The van der Waals surface area contributed by atoms with Crippen LogP contribution in [-0.2, 0) is 24.3 Å². The maximum atomic E-state index is 13.7. The van der Waals surface area contributed by atoms with Crippen LogP contribution in [0.4, 0.5) is 0 Å². The summed E-state index contributed by atoms with van der Waals surface area (Å²) in [6.45, 7) is 2.82. The minimum Gasteiger partial charge on any atom is -0.459 e. The first kappa shape index (κ1) is 28.6. The Labute approximate surface area is 257 Å². The number of furan rings is 1. The zero-order chi connectivity index (χ0) is 29.6. The number of rotatable bonds is 11. The topological polar surface area (TPSA) is 106 Å². The molecule has 0 fully saturated rings. The van der Waals surface area contributed by atoms with Gasteiger partial charge in [-0.25, -0.2) is 5.01 Å². The number of nitrogens with one attached hydrogen (secondary N) is 1. The quantitative estimate of drug-likeness (QED) is 0.187. The van der Waals surface area contributed by atoms with E-state index >= 15 is 0 Å². The average Bonchev–Trinajstić information content (AvgIpc) is 3.85. The zero-order valence-corrected chi connectivity index (χ0v) is 25.2. The van der Waals surface area contributed by atoms with Gasteiger partial charge in [-0.2, -0.15) is 5.10 Å². The Bertz CT molecular complexity index is 1700. The smallest absolute Gasteiger partial charge is 0.287 e. The first-order valence-electron chi connectivity index (χ1n) is 14.0. The van der Waals surface area contributed by atoms with Crippen LogP contribution in [0.5, 0.6) is 0 Å². The highest BCUT2D eigenvalue weighted by Crippen LogP contribution is 2.35. The third-order valence-corrected chi connectivity index (χ3v) is 9.04. The molecule has 1 aliphatic rings. The van der Waals surface area contributed by atoms with E-state index in [-0.39, 0.29) is 35.9 Å². The monoisotopic (exact) mass is 610 g/mol. The summed E-state index contributed by atoms with van der Waals surface area (Å²) in [6, 6.07) is 25.6. The van der Waals surface area contributed by atoms with Crippen molar-refractivity contribution in [2.75, 3.05) is 5.75 Å². The van der Waals surface area contributed by atoms with Crippen LogP contribution >= 0.6 is 23.1 Å². The number of aryl methyl sites for hydroxylation is 2. The molecule has 9 nitrogen and oxygen atoms in total. The molecule has 0 spiro atoms. The van der Waals surface area contributed by atoms with E-state index in [9.17, 15) is 9.59 Å². The summed E-state index contributed by atoms with van der Waals surface area (Å²) in [5.74, 6) is 0.537. The van der Waals surface area contributed by atoms with Crippen molar-refractivity contribution in [3.05, 3.63) is 124 Å². The molecule has 1 N–H and O–H groups in total. The Morgan fingerprint density at radius 1 is 1.02 bits per heavy atom. The van der Waals surface area contributed by atoms with Crippen molar-refractivity contribution in [2.45, 2.75) is 44.1 Å². The number of amides is 2. The van der Waals surface area contributed by atoms with Crippen LogP contribution in [0.1, 0.15) is 50.4 Å². The molecule has 43 heavy (non-hydrogen) atoms. The summed E-state index contributed by atoms with van der Waals surface area (Å²) in [6.07, 6.45) is 2.86. The fraction of sp³-hybridized carbons (Fsp3) is 0.219. The first-order valence-corrected chi connectivity index (χ1v) is 15.8. The number of thioether (sulfide) groups is 1. The number of aromatic nitrogens is 3. The summed E-state index contributed by atoms with van der Waals surface area (Å²) < 4.78 is 7.17. The van der Waals surface area contributed by atoms with Crippen molar-refractivity contribution in [3.8, 4) is 0 Å². The van der Waals surface area contributed by atoms with Gasteiger partial charge in [-0.1, -0.05) is 78.0 Å². The molecule has 3 aromatic heterocycles. The second kappa shape index (κ2) is 13.2. The average molecular weight is 611 g/mol. The van der Waals surface area contributed by atoms with E-state index in [0.29, 0.717) is 23.9 Å². The molecule has 5 aromatic rings. The Hall–Kier alpha value is -4.48. The van der Waals surface area contributed by atoms with Crippen molar-refractivity contribution in [1.29, 1.82) is 0 Å². The SMILES string of the molecule is Cc1ccc([C@H]2CC(c3cccs3)=NN2C(=O)CSc2nnc(CNC(=O)c3ccco3)n2CCc2ccccc2)cc1. The number of hydrogen-bond acceptors (Lipinski definition) is 8. The highest BCUT2D eigenvalue weighted by Gasteiger charge is 2.33. The molecule has 6 rings (SSSR count). The molecule has 0 aliphatic carbocycles. The Balaban J connectivity index is 1.19. The van der Waals surface area contributed by atoms with Crippen LogP contribution in [0.3, 0.4) is 0 Å². The lowest BCUT2D eigenvalue weighted by molar-refractivity contribution is -0.130. The fourth-order valence-corrected chi connectivity index (χ4v) is 6.45. The molecule has 2 amide bonds. The van der Waals surface area contributed by atoms with Gasteiger partial charge in [-0.3, -0.25) is 9.59 Å². The van der Waals surface area contributed by atoms with Crippen LogP contribution in [0, 0.1) is 6.92 Å². The molecule has 1 aliphatic heterocycles. The number of carbonyl (C=O) groups is 2. The predicted molar refractivity (Wildman–Crippen MR) is 167 cm³/mol. The van der Waals surface area contributed by atoms with Gasteiger partial charge < -0.3 is 14.3 Å². The number of hydrazone groups is 1. The van der Waals surface area contributed by atoms with Crippen molar-refractivity contribution < 1.29 is 14.0 Å². The van der Waals surface area contributed by atoms with E-state index in [1.165, 1.54) is 29.2 Å². The summed E-state index contributed by atoms with van der Waals surface area (Å²) in [4.78, 5) is 27.3. The van der Waals surface area contributed by atoms with E-state index in [4.69, 9.17) is 9.52 Å². The molecular weight excluding hydrogens is 581 g/mol. The van der Waals surface area contributed by atoms with Gasteiger partial charge in [0.1, 0.15) is 0 Å². The van der Waals surface area contributed by atoms with Gasteiger partial charge in [-0.15, -0.1) is 21.5 Å². The molecule has 1 atom stereocenters. The van der Waals surface area contributed by atoms with E-state index in [2.05, 4.69) is 58.8 Å². The minimum absolute atomic E-state index is 0.104. The highest BCUT2D eigenvalue weighted by atomic mass is 32.2. The van der Waals surface area contributed by atoms with Gasteiger partial charge in [0.15, 0.2) is 16.7 Å². The molecule has 0 bridgehead atoms. The molecule has 0 radical (unpaired) electrons. The third kappa shape index (κ3) is 6.79. The molecular formula is C32H30N6O3S2. The van der Waals surface area contributed by atoms with E-state index in [1.807, 2.05) is 40.3 Å². The Kier molecular flexibility index (Phi) is 8.80. The van der Waals surface area contributed by atoms with Crippen LogP contribution in [0.15, 0.2) is 105 Å². The lowest BCUT2D eigenvalue weighted by Crippen LogP contribution is -2.28. The maximum Gasteiger partial charge on any atom is 0.287 e. The number of carbonyl (C=O) groups excluding carboxylic acids is 2. The number of nitrogens with zero attached hydrogens (tertiary/aromatic N) is 5. The van der Waals surface area contributed by atoms with E-state index in [1.54, 1.807) is 28.5 Å². The highest BCUT2D eigenvalue weighted by molar-refractivity contribution is 7.99. The van der Waals surface area contributed by atoms with E-state index in [0.717, 1.165) is 22.6 Å². The molecule has 0 unspecified atom stereocenters. The summed E-state index contributed by atoms with van der Waals surface area (Å²) in [7, 11) is 0. The largest absolute Gasteiger partial charge is 0.459 e. The van der Waals surface area contributed by atoms with E-state index < -0.39 is 0 Å². The molecule has 2 aromatic carbocycles. The van der Waals surface area contributed by atoms with Crippen molar-refractivity contribution in [2.24, 2.45) is 5.10 Å². The second-order valence-corrected chi connectivity index (χ2v) is 12.0. The lowest BCUT2D eigenvalue weighted by atomic mass is 10.00. The summed E-state index contributed by atoms with van der Waals surface area (Å²) in [5, 5.41) is 20.7. The van der Waals surface area contributed by atoms with Crippen molar-refractivity contribution in [3.63, 3.8) is 0 Å². The van der Waals surface area contributed by atoms with Gasteiger partial charge in [0.05, 0.1) is 35.2 Å². The van der Waals surface area contributed by atoms with Gasteiger partial charge in [0, 0.05) is 13.0 Å². The van der Waals surface area contributed by atoms with Gasteiger partial charge in [0.25, 0.3) is 11.8 Å². The summed E-state index contributed by atoms with van der Waals surface area (Å²) in [5.41, 5.74) is 4.31. The second-order valence-electron chi connectivity index (χ2n) is 10.1. The van der Waals surface area contributed by atoms with Crippen LogP contribution in [0.25, 0.3) is 0 Å². The number of hydrogen-bond donors (Lipinski definition) is 1. The lowest BCUT2D eigenvalue weighted by Gasteiger charge is -2.22. The Morgan fingerprint density at radius 2 is 1.86 bits per heavy atom. The Morgan fingerprint density at radius 3 is 2.60 bits per heavy atom. The van der Waals surface area contributed by atoms with Gasteiger partial charge in [0.2, 0.25) is 0 Å². The normalized spacial score (nSPS) is 14.6. The molecule has 0 saturated heterocycles. The first-order chi connectivity index (χ1) is 21.0. The van der Waals surface area contributed by atoms with Crippen LogP contribution in [-0.4, -0.2) is 43.1 Å². The van der Waals surface area contributed by atoms with Gasteiger partial charge in [-0.05, 0) is 48.1 Å². The maximum absolute atomic E-state index is 13.7. The fourth-order valence-electron chi connectivity index (χ4n) is 4.89. The molecule has 11 heteroatoms. The molecule has 0 saturated carbocycles. The van der Waals surface area contributed by atoms with Crippen LogP contribution < -0.4 is 5.32 Å². The molecule has 218 valence electrons. The van der Waals surface area contributed by atoms with Crippen LogP contribution in [0.2, 0.25) is 0 Å². The van der Waals surface area contributed by atoms with Gasteiger partial charge >= 0.3 is 0 Å². The van der Waals surface area contributed by atoms with Crippen molar-refractivity contribution >= 4 is 40.6 Å². The number of thiophene rings is 1. The molecule has 4 heterocycles. The third-order valence-electron chi connectivity index (χ3n) is 7.17. The number of benzene rings is 2. The predicted octanol–water partition coefficient (Wildman–Crippen LogP) is 5.88. The zero-order valence-electron chi connectivity index (χ0n) is 23.6. The standard InChI is InChI=1S/C32H30N6O3S2/c1-22-11-13-24(14-12-22)26-19-25(28-10-6-18-42-28)36-38(26)30(39)21-43-32-35-34-29(20-33-31(40)27-9-5-17-41-27)37(32)16-15-23-7-3-2-4-8-23/h2-14,17-18,26H,15-16,19-21H2,1H3,(H,33,40)/t26-/m1/s1. The summed E-state index contributed by atoms with van der Waals surface area (Å²) >= 11 is 2.96. The van der Waals surface area contributed by atoms with Crippen molar-refractivity contribution in [1.82, 2.24) is 25.1 Å².